The van der Waals surface area contributed by atoms with Crippen molar-refractivity contribution >= 4 is 11.6 Å². The van der Waals surface area contributed by atoms with Crippen LogP contribution in [0.25, 0.3) is 11.6 Å². The Labute approximate surface area is 152 Å². The molecule has 1 aromatic carbocycles. The minimum absolute atomic E-state index is 0.0439. The van der Waals surface area contributed by atoms with Crippen LogP contribution in [-0.4, -0.2) is 21.4 Å². The molecule has 0 unspecified atom stereocenters. The van der Waals surface area contributed by atoms with Gasteiger partial charge in [0.2, 0.25) is 0 Å². The molecule has 2 aromatic heterocycles. The SMILES string of the molecule is O=c1[nH]c(-c2ccco2)nc2c1CCN(Cc1c(F)ccc(Cl)c1F)C2. The molecule has 0 bridgehead atoms. The number of hydrogen-bond acceptors (Lipinski definition) is 4. The molecular formula is C18H14ClF2N3O2. The van der Waals surface area contributed by atoms with Crippen LogP contribution in [0.2, 0.25) is 5.02 Å². The molecule has 1 aliphatic rings. The fourth-order valence-corrected chi connectivity index (χ4v) is 3.27. The highest BCUT2D eigenvalue weighted by Crippen LogP contribution is 2.25. The van der Waals surface area contributed by atoms with Crippen molar-refractivity contribution in [3.63, 3.8) is 0 Å². The highest BCUT2D eigenvalue weighted by Gasteiger charge is 2.24. The summed E-state index contributed by atoms with van der Waals surface area (Å²) in [6.45, 7) is 0.837. The molecule has 1 N–H and O–H groups in total. The standard InChI is InChI=1S/C18H14ClF2N3O2/c19-12-3-4-13(20)11(16(12)21)8-24-6-5-10-14(9-24)22-17(23-18(10)25)15-2-1-7-26-15/h1-4,7H,5-6,8-9H2,(H,22,23,25). The summed E-state index contributed by atoms with van der Waals surface area (Å²) in [6, 6.07) is 5.74. The Balaban J connectivity index is 1.64. The van der Waals surface area contributed by atoms with Crippen molar-refractivity contribution in [1.82, 2.24) is 14.9 Å². The lowest BCUT2D eigenvalue weighted by Crippen LogP contribution is -2.35. The van der Waals surface area contributed by atoms with Gasteiger partial charge in [-0.05, 0) is 30.7 Å². The summed E-state index contributed by atoms with van der Waals surface area (Å²) in [6.07, 6.45) is 1.94. The predicted octanol–water partition coefficient (Wildman–Crippen LogP) is 3.52. The molecule has 0 spiro atoms. The van der Waals surface area contributed by atoms with E-state index in [9.17, 15) is 13.6 Å². The van der Waals surface area contributed by atoms with E-state index < -0.39 is 11.6 Å². The third-order valence-electron chi connectivity index (χ3n) is 4.43. The largest absolute Gasteiger partial charge is 0.461 e. The van der Waals surface area contributed by atoms with Gasteiger partial charge in [0.05, 0.1) is 17.0 Å². The number of halogens is 3. The number of benzene rings is 1. The monoisotopic (exact) mass is 377 g/mol. The van der Waals surface area contributed by atoms with Crippen molar-refractivity contribution in [2.75, 3.05) is 6.54 Å². The van der Waals surface area contributed by atoms with Gasteiger partial charge in [0.15, 0.2) is 11.6 Å². The van der Waals surface area contributed by atoms with Crippen LogP contribution in [0.4, 0.5) is 8.78 Å². The van der Waals surface area contributed by atoms with Crippen molar-refractivity contribution in [3.05, 3.63) is 74.4 Å². The molecule has 0 atom stereocenters. The van der Waals surface area contributed by atoms with Crippen molar-refractivity contribution < 1.29 is 13.2 Å². The summed E-state index contributed by atoms with van der Waals surface area (Å²) in [5.41, 5.74) is 0.857. The summed E-state index contributed by atoms with van der Waals surface area (Å²) in [4.78, 5) is 21.3. The quantitative estimate of drug-likeness (QED) is 0.709. The molecule has 1 aliphatic heterocycles. The Hall–Kier alpha value is -2.51. The highest BCUT2D eigenvalue weighted by atomic mass is 35.5. The fraction of sp³-hybridized carbons (Fsp3) is 0.222. The molecule has 0 aliphatic carbocycles. The molecule has 3 heterocycles. The van der Waals surface area contributed by atoms with E-state index in [0.29, 0.717) is 42.4 Å². The number of rotatable bonds is 3. The van der Waals surface area contributed by atoms with E-state index in [1.807, 2.05) is 4.90 Å². The van der Waals surface area contributed by atoms with E-state index in [2.05, 4.69) is 9.97 Å². The molecular weight excluding hydrogens is 364 g/mol. The Morgan fingerprint density at radius 2 is 2.15 bits per heavy atom. The van der Waals surface area contributed by atoms with E-state index in [1.54, 1.807) is 12.1 Å². The van der Waals surface area contributed by atoms with Crippen LogP contribution in [0.15, 0.2) is 39.7 Å². The molecule has 0 amide bonds. The number of aromatic amines is 1. The number of furan rings is 1. The number of H-pyrrole nitrogens is 1. The summed E-state index contributed by atoms with van der Waals surface area (Å²) in [5, 5.41) is -0.117. The van der Waals surface area contributed by atoms with Crippen LogP contribution >= 0.6 is 11.6 Å². The van der Waals surface area contributed by atoms with Gasteiger partial charge in [-0.3, -0.25) is 9.69 Å². The second-order valence-electron chi connectivity index (χ2n) is 6.10. The topological polar surface area (TPSA) is 62.1 Å². The predicted molar refractivity (Wildman–Crippen MR) is 91.7 cm³/mol. The first kappa shape index (κ1) is 16.9. The van der Waals surface area contributed by atoms with Crippen molar-refractivity contribution in [1.29, 1.82) is 0 Å². The molecule has 3 aromatic rings. The zero-order chi connectivity index (χ0) is 18.3. The zero-order valence-electron chi connectivity index (χ0n) is 13.6. The number of fused-ring (bicyclic) bond motifs is 1. The lowest BCUT2D eigenvalue weighted by atomic mass is 10.1. The highest BCUT2D eigenvalue weighted by molar-refractivity contribution is 6.30. The molecule has 5 nitrogen and oxygen atoms in total. The maximum Gasteiger partial charge on any atom is 0.254 e. The molecule has 4 rings (SSSR count). The van der Waals surface area contributed by atoms with E-state index >= 15 is 0 Å². The van der Waals surface area contributed by atoms with E-state index in [0.717, 1.165) is 6.07 Å². The van der Waals surface area contributed by atoms with Crippen LogP contribution in [0.3, 0.4) is 0 Å². The third-order valence-corrected chi connectivity index (χ3v) is 4.72. The smallest absolute Gasteiger partial charge is 0.254 e. The lowest BCUT2D eigenvalue weighted by Gasteiger charge is -2.28. The molecule has 8 heteroatoms. The zero-order valence-corrected chi connectivity index (χ0v) is 14.3. The number of aromatic nitrogens is 2. The molecule has 26 heavy (non-hydrogen) atoms. The normalized spacial score (nSPS) is 14.4. The molecule has 0 radical (unpaired) electrons. The van der Waals surface area contributed by atoms with E-state index in [1.165, 1.54) is 12.3 Å². The summed E-state index contributed by atoms with van der Waals surface area (Å²) in [7, 11) is 0. The van der Waals surface area contributed by atoms with Crippen LogP contribution in [0.5, 0.6) is 0 Å². The average Bonchev–Trinajstić information content (AvgIpc) is 3.16. The maximum absolute atomic E-state index is 14.1. The van der Waals surface area contributed by atoms with Crippen molar-refractivity contribution in [3.8, 4) is 11.6 Å². The summed E-state index contributed by atoms with van der Waals surface area (Å²) >= 11 is 5.75. The second-order valence-corrected chi connectivity index (χ2v) is 6.51. The molecule has 0 fully saturated rings. The molecule has 134 valence electrons. The minimum atomic E-state index is -0.757. The van der Waals surface area contributed by atoms with Crippen molar-refractivity contribution in [2.24, 2.45) is 0 Å². The van der Waals surface area contributed by atoms with Crippen LogP contribution in [0.1, 0.15) is 16.8 Å². The molecule has 0 saturated carbocycles. The van der Waals surface area contributed by atoms with Gasteiger partial charge >= 0.3 is 0 Å². The Kier molecular flexibility index (Phi) is 4.34. The fourth-order valence-electron chi connectivity index (χ4n) is 3.10. The Morgan fingerprint density at radius 1 is 1.31 bits per heavy atom. The second kappa shape index (κ2) is 6.66. The average molecular weight is 378 g/mol. The third kappa shape index (κ3) is 3.04. The first-order valence-electron chi connectivity index (χ1n) is 8.03. The van der Waals surface area contributed by atoms with Gasteiger partial charge in [0, 0.05) is 30.8 Å². The summed E-state index contributed by atoms with van der Waals surface area (Å²) in [5.74, 6) is -0.616. The van der Waals surface area contributed by atoms with Gasteiger partial charge in [-0.1, -0.05) is 11.6 Å². The lowest BCUT2D eigenvalue weighted by molar-refractivity contribution is 0.233. The van der Waals surface area contributed by atoms with Gasteiger partial charge in [0.1, 0.15) is 11.6 Å². The van der Waals surface area contributed by atoms with E-state index in [-0.39, 0.29) is 22.7 Å². The number of hydrogen-bond donors (Lipinski definition) is 1. The van der Waals surface area contributed by atoms with Crippen LogP contribution < -0.4 is 5.56 Å². The van der Waals surface area contributed by atoms with Gasteiger partial charge in [0.25, 0.3) is 5.56 Å². The van der Waals surface area contributed by atoms with E-state index in [4.69, 9.17) is 16.0 Å². The maximum atomic E-state index is 14.1. The van der Waals surface area contributed by atoms with Gasteiger partial charge < -0.3 is 9.40 Å². The first-order chi connectivity index (χ1) is 12.5. The number of nitrogens with zero attached hydrogens (tertiary/aromatic N) is 2. The summed E-state index contributed by atoms with van der Waals surface area (Å²) < 4.78 is 33.4. The Bertz CT molecular complexity index is 1020. The van der Waals surface area contributed by atoms with Crippen LogP contribution in [0, 0.1) is 11.6 Å². The minimum Gasteiger partial charge on any atom is -0.461 e. The Morgan fingerprint density at radius 3 is 2.92 bits per heavy atom. The van der Waals surface area contributed by atoms with Crippen molar-refractivity contribution in [2.45, 2.75) is 19.5 Å². The number of nitrogens with one attached hydrogen (secondary N) is 1. The van der Waals surface area contributed by atoms with Gasteiger partial charge in [-0.25, -0.2) is 13.8 Å². The molecule has 0 saturated heterocycles. The first-order valence-corrected chi connectivity index (χ1v) is 8.41. The van der Waals surface area contributed by atoms with Gasteiger partial charge in [-0.15, -0.1) is 0 Å². The van der Waals surface area contributed by atoms with Gasteiger partial charge in [-0.2, -0.15) is 0 Å². The van der Waals surface area contributed by atoms with Crippen LogP contribution in [-0.2, 0) is 19.5 Å².